The fourth-order valence-corrected chi connectivity index (χ4v) is 3.09. The van der Waals surface area contributed by atoms with Crippen molar-refractivity contribution >= 4 is 17.6 Å². The molecule has 2 aliphatic rings. The molecule has 1 saturated heterocycles. The molecule has 114 valence electrons. The van der Waals surface area contributed by atoms with Gasteiger partial charge in [-0.15, -0.1) is 0 Å². The number of amides is 2. The van der Waals surface area contributed by atoms with E-state index in [1.165, 1.54) is 0 Å². The van der Waals surface area contributed by atoms with Gasteiger partial charge in [0.05, 0.1) is 6.04 Å². The Kier molecular flexibility index (Phi) is 4.36. The normalized spacial score (nSPS) is 23.1. The van der Waals surface area contributed by atoms with Crippen molar-refractivity contribution in [1.82, 2.24) is 10.2 Å². The summed E-state index contributed by atoms with van der Waals surface area (Å²) in [5.41, 5.74) is 1.12. The van der Waals surface area contributed by atoms with Crippen molar-refractivity contribution in [2.45, 2.75) is 25.3 Å². The molecular weight excluding hydrogens is 288 g/mol. The number of carbonyl (C=O) groups is 1. The van der Waals surface area contributed by atoms with E-state index in [2.05, 4.69) is 5.32 Å². The summed E-state index contributed by atoms with van der Waals surface area (Å²) in [7, 11) is 0. The van der Waals surface area contributed by atoms with Crippen LogP contribution in [0.4, 0.5) is 4.79 Å². The lowest BCUT2D eigenvalue weighted by Crippen LogP contribution is -2.41. The molecule has 2 fully saturated rings. The summed E-state index contributed by atoms with van der Waals surface area (Å²) < 4.78 is 0. The molecule has 0 bridgehead atoms. The number of aliphatic hydroxyl groups excluding tert-OH is 1. The zero-order valence-corrected chi connectivity index (χ0v) is 12.7. The zero-order valence-electron chi connectivity index (χ0n) is 12.0. The van der Waals surface area contributed by atoms with Crippen LogP contribution < -0.4 is 5.32 Å². The highest BCUT2D eigenvalue weighted by atomic mass is 35.5. The first-order chi connectivity index (χ1) is 10.2. The lowest BCUT2D eigenvalue weighted by molar-refractivity contribution is 0.193. The Morgan fingerprint density at radius 2 is 2.05 bits per heavy atom. The largest absolute Gasteiger partial charge is 0.396 e. The lowest BCUT2D eigenvalue weighted by Gasteiger charge is -2.24. The average Bonchev–Trinajstić information content (AvgIpc) is 3.22. The van der Waals surface area contributed by atoms with E-state index >= 15 is 0 Å². The maximum absolute atomic E-state index is 12.4. The Morgan fingerprint density at radius 1 is 1.33 bits per heavy atom. The molecule has 2 unspecified atom stereocenters. The Hall–Kier alpha value is -1.26. The maximum atomic E-state index is 12.4. The highest BCUT2D eigenvalue weighted by Gasteiger charge is 2.35. The van der Waals surface area contributed by atoms with Gasteiger partial charge in [0.25, 0.3) is 0 Å². The molecule has 0 radical (unpaired) electrons. The number of likely N-dealkylation sites (tertiary alicyclic amines) is 1. The summed E-state index contributed by atoms with van der Waals surface area (Å²) in [6.07, 6.45) is 3.21. The summed E-state index contributed by atoms with van der Waals surface area (Å²) in [6.45, 7) is 1.54. The third-order valence-corrected chi connectivity index (χ3v) is 4.68. The minimum atomic E-state index is -0.0159. The van der Waals surface area contributed by atoms with E-state index in [0.717, 1.165) is 31.4 Å². The van der Waals surface area contributed by atoms with Crippen molar-refractivity contribution < 1.29 is 9.90 Å². The van der Waals surface area contributed by atoms with Crippen LogP contribution in [-0.4, -0.2) is 35.7 Å². The highest BCUT2D eigenvalue weighted by Crippen LogP contribution is 2.41. The molecule has 0 aromatic heterocycles. The highest BCUT2D eigenvalue weighted by molar-refractivity contribution is 6.30. The molecule has 1 saturated carbocycles. The minimum absolute atomic E-state index is 0.0159. The van der Waals surface area contributed by atoms with E-state index in [-0.39, 0.29) is 24.6 Å². The molecule has 0 spiro atoms. The molecule has 1 aliphatic carbocycles. The van der Waals surface area contributed by atoms with Crippen LogP contribution in [0.2, 0.25) is 5.02 Å². The van der Waals surface area contributed by atoms with Gasteiger partial charge in [0.2, 0.25) is 0 Å². The third-order valence-electron chi connectivity index (χ3n) is 4.43. The Bertz CT molecular complexity index is 502. The summed E-state index contributed by atoms with van der Waals surface area (Å²) in [5, 5.41) is 13.1. The molecule has 1 heterocycles. The van der Waals surface area contributed by atoms with Crippen LogP contribution in [0.3, 0.4) is 0 Å². The van der Waals surface area contributed by atoms with Crippen molar-refractivity contribution in [2.24, 2.45) is 11.8 Å². The van der Waals surface area contributed by atoms with E-state index in [4.69, 9.17) is 11.6 Å². The summed E-state index contributed by atoms with van der Waals surface area (Å²) in [6, 6.07) is 7.78. The maximum Gasteiger partial charge on any atom is 0.317 e. The molecular formula is C16H21ClN2O2. The van der Waals surface area contributed by atoms with Crippen LogP contribution in [0.25, 0.3) is 0 Å². The monoisotopic (exact) mass is 308 g/mol. The SMILES string of the molecule is O=C(NC(c1ccc(Cl)cc1)C1CC1)N1CCC(CO)C1. The number of urea groups is 1. The average molecular weight is 309 g/mol. The topological polar surface area (TPSA) is 52.6 Å². The summed E-state index contributed by atoms with van der Waals surface area (Å²) in [4.78, 5) is 14.2. The number of aliphatic hydroxyl groups is 1. The molecule has 1 aromatic carbocycles. The number of rotatable bonds is 4. The quantitative estimate of drug-likeness (QED) is 0.898. The van der Waals surface area contributed by atoms with Crippen LogP contribution >= 0.6 is 11.6 Å². The van der Waals surface area contributed by atoms with Gasteiger partial charge in [-0.2, -0.15) is 0 Å². The van der Waals surface area contributed by atoms with Crippen molar-refractivity contribution in [2.75, 3.05) is 19.7 Å². The van der Waals surface area contributed by atoms with E-state index in [1.54, 1.807) is 0 Å². The molecule has 1 aliphatic heterocycles. The number of hydrogen-bond donors (Lipinski definition) is 2. The van der Waals surface area contributed by atoms with E-state index in [9.17, 15) is 9.90 Å². The smallest absolute Gasteiger partial charge is 0.317 e. The van der Waals surface area contributed by atoms with Gasteiger partial charge in [-0.3, -0.25) is 0 Å². The summed E-state index contributed by atoms with van der Waals surface area (Å²) >= 11 is 5.93. The van der Waals surface area contributed by atoms with E-state index in [0.29, 0.717) is 17.5 Å². The fraction of sp³-hybridized carbons (Fsp3) is 0.562. The van der Waals surface area contributed by atoms with Gasteiger partial charge in [-0.25, -0.2) is 4.79 Å². The number of nitrogens with zero attached hydrogens (tertiary/aromatic N) is 1. The molecule has 3 rings (SSSR count). The number of benzene rings is 1. The van der Waals surface area contributed by atoms with Crippen LogP contribution in [0.1, 0.15) is 30.9 Å². The summed E-state index contributed by atoms with van der Waals surface area (Å²) in [5.74, 6) is 0.761. The van der Waals surface area contributed by atoms with Gasteiger partial charge in [0.15, 0.2) is 0 Å². The van der Waals surface area contributed by atoms with Crippen LogP contribution in [0.15, 0.2) is 24.3 Å². The van der Waals surface area contributed by atoms with Crippen LogP contribution in [-0.2, 0) is 0 Å². The fourth-order valence-electron chi connectivity index (χ4n) is 2.96. The lowest BCUT2D eigenvalue weighted by atomic mass is 10.0. The third kappa shape index (κ3) is 3.50. The van der Waals surface area contributed by atoms with Gasteiger partial charge in [-0.1, -0.05) is 23.7 Å². The predicted octanol–water partition coefficient (Wildman–Crippen LogP) is 2.81. The first-order valence-electron chi connectivity index (χ1n) is 7.59. The molecule has 4 nitrogen and oxygen atoms in total. The van der Waals surface area contributed by atoms with E-state index < -0.39 is 0 Å². The Balaban J connectivity index is 1.65. The first kappa shape index (κ1) is 14.7. The van der Waals surface area contributed by atoms with Gasteiger partial charge < -0.3 is 15.3 Å². The second kappa shape index (κ2) is 6.24. The van der Waals surface area contributed by atoms with Gasteiger partial charge in [0.1, 0.15) is 0 Å². The number of carbonyl (C=O) groups excluding carboxylic acids is 1. The van der Waals surface area contributed by atoms with Gasteiger partial charge >= 0.3 is 6.03 Å². The zero-order chi connectivity index (χ0) is 14.8. The molecule has 5 heteroatoms. The molecule has 21 heavy (non-hydrogen) atoms. The Labute approximate surface area is 130 Å². The number of nitrogens with one attached hydrogen (secondary N) is 1. The number of halogens is 1. The minimum Gasteiger partial charge on any atom is -0.396 e. The van der Waals surface area contributed by atoms with Gasteiger partial charge in [0, 0.05) is 30.6 Å². The second-order valence-electron chi connectivity index (χ2n) is 6.10. The van der Waals surface area contributed by atoms with Crippen LogP contribution in [0, 0.1) is 11.8 Å². The molecule has 2 N–H and O–H groups in total. The van der Waals surface area contributed by atoms with Crippen molar-refractivity contribution in [3.8, 4) is 0 Å². The van der Waals surface area contributed by atoms with Crippen molar-refractivity contribution in [3.63, 3.8) is 0 Å². The molecule has 1 aromatic rings. The van der Waals surface area contributed by atoms with E-state index in [1.807, 2.05) is 29.2 Å². The standard InChI is InChI=1S/C16H21ClN2O2/c17-14-5-3-13(4-6-14)15(12-1-2-12)18-16(21)19-8-7-11(9-19)10-20/h3-6,11-12,15,20H,1-2,7-10H2,(H,18,21). The first-order valence-corrected chi connectivity index (χ1v) is 7.97. The molecule has 2 atom stereocenters. The van der Waals surface area contributed by atoms with Gasteiger partial charge in [-0.05, 0) is 42.9 Å². The second-order valence-corrected chi connectivity index (χ2v) is 6.54. The predicted molar refractivity (Wildman–Crippen MR) is 82.2 cm³/mol. The van der Waals surface area contributed by atoms with Crippen molar-refractivity contribution in [1.29, 1.82) is 0 Å². The Morgan fingerprint density at radius 3 is 2.62 bits per heavy atom. The number of hydrogen-bond acceptors (Lipinski definition) is 2. The van der Waals surface area contributed by atoms with Crippen LogP contribution in [0.5, 0.6) is 0 Å². The molecule has 2 amide bonds. The van der Waals surface area contributed by atoms with Crippen molar-refractivity contribution in [3.05, 3.63) is 34.9 Å².